The summed E-state index contributed by atoms with van der Waals surface area (Å²) in [5.41, 5.74) is 1.60. The predicted octanol–water partition coefficient (Wildman–Crippen LogP) is 2.20. The maximum atomic E-state index is 12.3. The molecular formula is C16H20N2O4. The lowest BCUT2D eigenvalue weighted by molar-refractivity contribution is -0.129. The van der Waals surface area contributed by atoms with Crippen LogP contribution in [-0.4, -0.2) is 37.2 Å². The standard InChI is InChI=1S/C16H20N2O4/c1-11-7-13(17-22-11)10-18(2)16(19)9-12-5-6-14(20-3)15(8-12)21-4/h5-8H,9-10H2,1-4H3. The zero-order valence-corrected chi connectivity index (χ0v) is 13.3. The van der Waals surface area contributed by atoms with Gasteiger partial charge in [0.15, 0.2) is 11.5 Å². The Labute approximate surface area is 129 Å². The number of hydrogen-bond acceptors (Lipinski definition) is 5. The fraction of sp³-hybridized carbons (Fsp3) is 0.375. The third-order valence-electron chi connectivity index (χ3n) is 3.30. The first-order valence-electron chi connectivity index (χ1n) is 6.90. The van der Waals surface area contributed by atoms with Crippen LogP contribution in [-0.2, 0) is 17.8 Å². The second kappa shape index (κ2) is 6.98. The van der Waals surface area contributed by atoms with E-state index in [4.69, 9.17) is 14.0 Å². The maximum absolute atomic E-state index is 12.3. The molecule has 2 aromatic rings. The monoisotopic (exact) mass is 304 g/mol. The van der Waals surface area contributed by atoms with E-state index in [0.717, 1.165) is 17.0 Å². The van der Waals surface area contributed by atoms with Gasteiger partial charge in [-0.3, -0.25) is 4.79 Å². The van der Waals surface area contributed by atoms with E-state index < -0.39 is 0 Å². The highest BCUT2D eigenvalue weighted by atomic mass is 16.5. The second-order valence-corrected chi connectivity index (χ2v) is 5.04. The fourth-order valence-corrected chi connectivity index (χ4v) is 2.12. The van der Waals surface area contributed by atoms with E-state index in [0.29, 0.717) is 18.0 Å². The Hall–Kier alpha value is -2.50. The van der Waals surface area contributed by atoms with Crippen molar-refractivity contribution in [1.29, 1.82) is 0 Å². The van der Waals surface area contributed by atoms with Gasteiger partial charge in [-0.05, 0) is 24.6 Å². The zero-order chi connectivity index (χ0) is 16.1. The molecule has 6 heteroatoms. The van der Waals surface area contributed by atoms with Gasteiger partial charge < -0.3 is 18.9 Å². The summed E-state index contributed by atoms with van der Waals surface area (Å²) in [6.45, 7) is 2.24. The average molecular weight is 304 g/mol. The molecule has 0 saturated carbocycles. The Morgan fingerprint density at radius 2 is 1.95 bits per heavy atom. The summed E-state index contributed by atoms with van der Waals surface area (Å²) in [4.78, 5) is 13.9. The molecule has 1 amide bonds. The average Bonchev–Trinajstić information content (AvgIpc) is 2.92. The zero-order valence-electron chi connectivity index (χ0n) is 13.3. The normalized spacial score (nSPS) is 10.4. The van der Waals surface area contributed by atoms with E-state index in [-0.39, 0.29) is 12.3 Å². The minimum Gasteiger partial charge on any atom is -0.493 e. The number of rotatable bonds is 6. The lowest BCUT2D eigenvalue weighted by atomic mass is 10.1. The number of carbonyl (C=O) groups excluding carboxylic acids is 1. The minimum absolute atomic E-state index is 0.00660. The van der Waals surface area contributed by atoms with Crippen molar-refractivity contribution in [3.05, 3.63) is 41.3 Å². The molecule has 0 bridgehead atoms. The van der Waals surface area contributed by atoms with Crippen molar-refractivity contribution in [3.8, 4) is 11.5 Å². The minimum atomic E-state index is -0.00660. The molecule has 1 aromatic heterocycles. The molecule has 118 valence electrons. The number of likely N-dealkylation sites (N-methyl/N-ethyl adjacent to an activating group) is 1. The molecule has 0 unspecified atom stereocenters. The van der Waals surface area contributed by atoms with Crippen LogP contribution in [0.25, 0.3) is 0 Å². The van der Waals surface area contributed by atoms with E-state index in [1.54, 1.807) is 32.2 Å². The molecule has 6 nitrogen and oxygen atoms in total. The van der Waals surface area contributed by atoms with E-state index in [9.17, 15) is 4.79 Å². The molecule has 0 saturated heterocycles. The van der Waals surface area contributed by atoms with Gasteiger partial charge in [0, 0.05) is 13.1 Å². The SMILES string of the molecule is COc1ccc(CC(=O)N(C)Cc2cc(C)on2)cc1OC. The molecule has 0 radical (unpaired) electrons. The largest absolute Gasteiger partial charge is 0.493 e. The lowest BCUT2D eigenvalue weighted by Crippen LogP contribution is -2.27. The fourth-order valence-electron chi connectivity index (χ4n) is 2.12. The van der Waals surface area contributed by atoms with Gasteiger partial charge in [-0.2, -0.15) is 0 Å². The summed E-state index contributed by atoms with van der Waals surface area (Å²) in [7, 11) is 4.89. The van der Waals surface area contributed by atoms with Crippen LogP contribution in [0.1, 0.15) is 17.0 Å². The van der Waals surface area contributed by atoms with Crippen LogP contribution in [0, 0.1) is 6.92 Å². The maximum Gasteiger partial charge on any atom is 0.227 e. The van der Waals surface area contributed by atoms with Crippen LogP contribution >= 0.6 is 0 Å². The Kier molecular flexibility index (Phi) is 5.04. The molecule has 1 heterocycles. The van der Waals surface area contributed by atoms with Crippen molar-refractivity contribution < 1.29 is 18.8 Å². The van der Waals surface area contributed by atoms with E-state index >= 15 is 0 Å². The van der Waals surface area contributed by atoms with Gasteiger partial charge in [-0.15, -0.1) is 0 Å². The first kappa shape index (κ1) is 15.9. The topological polar surface area (TPSA) is 64.8 Å². The number of benzene rings is 1. The summed E-state index contributed by atoms with van der Waals surface area (Å²) in [6, 6.07) is 7.28. The van der Waals surface area contributed by atoms with E-state index in [1.165, 1.54) is 0 Å². The van der Waals surface area contributed by atoms with Gasteiger partial charge in [0.25, 0.3) is 0 Å². The Morgan fingerprint density at radius 3 is 2.55 bits per heavy atom. The van der Waals surface area contributed by atoms with Gasteiger partial charge in [0.2, 0.25) is 5.91 Å². The van der Waals surface area contributed by atoms with Crippen LogP contribution in [0.3, 0.4) is 0 Å². The Bertz CT molecular complexity index is 651. The molecule has 1 aromatic carbocycles. The first-order chi connectivity index (χ1) is 10.5. The van der Waals surface area contributed by atoms with Crippen LogP contribution in [0.4, 0.5) is 0 Å². The van der Waals surface area contributed by atoms with Gasteiger partial charge in [0.1, 0.15) is 11.5 Å². The molecule has 0 aliphatic rings. The van der Waals surface area contributed by atoms with E-state index in [2.05, 4.69) is 5.16 Å². The highest BCUT2D eigenvalue weighted by Crippen LogP contribution is 2.27. The van der Waals surface area contributed by atoms with Crippen LogP contribution in [0.15, 0.2) is 28.8 Å². The highest BCUT2D eigenvalue weighted by Gasteiger charge is 2.14. The summed E-state index contributed by atoms with van der Waals surface area (Å²) in [5, 5.41) is 3.89. The lowest BCUT2D eigenvalue weighted by Gasteiger charge is -2.16. The number of nitrogens with zero attached hydrogens (tertiary/aromatic N) is 2. The Morgan fingerprint density at radius 1 is 1.23 bits per heavy atom. The van der Waals surface area contributed by atoms with Gasteiger partial charge in [-0.25, -0.2) is 0 Å². The molecule has 0 fully saturated rings. The van der Waals surface area contributed by atoms with Crippen molar-refractivity contribution in [1.82, 2.24) is 10.1 Å². The number of aromatic nitrogens is 1. The first-order valence-corrected chi connectivity index (χ1v) is 6.90. The molecule has 0 aliphatic heterocycles. The van der Waals surface area contributed by atoms with Gasteiger partial charge >= 0.3 is 0 Å². The number of hydrogen-bond donors (Lipinski definition) is 0. The number of methoxy groups -OCH3 is 2. The molecule has 0 spiro atoms. The van der Waals surface area contributed by atoms with Crippen molar-refractivity contribution >= 4 is 5.91 Å². The Balaban J connectivity index is 2.01. The number of amides is 1. The van der Waals surface area contributed by atoms with E-state index in [1.807, 2.05) is 25.1 Å². The third kappa shape index (κ3) is 3.78. The third-order valence-corrected chi connectivity index (χ3v) is 3.30. The van der Waals surface area contributed by atoms with Gasteiger partial charge in [-0.1, -0.05) is 11.2 Å². The predicted molar refractivity (Wildman–Crippen MR) is 81.0 cm³/mol. The van der Waals surface area contributed by atoms with Crippen molar-refractivity contribution in [2.24, 2.45) is 0 Å². The number of carbonyl (C=O) groups is 1. The van der Waals surface area contributed by atoms with Gasteiger partial charge in [0.05, 0.1) is 27.2 Å². The van der Waals surface area contributed by atoms with Crippen LogP contribution < -0.4 is 9.47 Å². The van der Waals surface area contributed by atoms with Crippen LogP contribution in [0.5, 0.6) is 11.5 Å². The smallest absolute Gasteiger partial charge is 0.227 e. The van der Waals surface area contributed by atoms with Crippen molar-refractivity contribution in [2.45, 2.75) is 19.9 Å². The summed E-state index contributed by atoms with van der Waals surface area (Å²) < 4.78 is 15.4. The quantitative estimate of drug-likeness (QED) is 0.818. The summed E-state index contributed by atoms with van der Waals surface area (Å²) in [5.74, 6) is 1.98. The van der Waals surface area contributed by atoms with Crippen molar-refractivity contribution in [3.63, 3.8) is 0 Å². The number of aryl methyl sites for hydroxylation is 1. The summed E-state index contributed by atoms with van der Waals surface area (Å²) >= 11 is 0. The molecule has 0 aliphatic carbocycles. The molecule has 0 atom stereocenters. The summed E-state index contributed by atoms with van der Waals surface area (Å²) in [6.07, 6.45) is 0.285. The molecular weight excluding hydrogens is 284 g/mol. The highest BCUT2D eigenvalue weighted by molar-refractivity contribution is 5.78. The molecule has 22 heavy (non-hydrogen) atoms. The molecule has 2 rings (SSSR count). The number of ether oxygens (including phenoxy) is 2. The van der Waals surface area contributed by atoms with Crippen LogP contribution in [0.2, 0.25) is 0 Å². The van der Waals surface area contributed by atoms with Crippen molar-refractivity contribution in [2.75, 3.05) is 21.3 Å². The molecule has 0 N–H and O–H groups in total. The second-order valence-electron chi connectivity index (χ2n) is 5.04.